The van der Waals surface area contributed by atoms with Gasteiger partial charge in [-0.3, -0.25) is 4.79 Å². The zero-order valence-electron chi connectivity index (χ0n) is 13.0. The molecule has 0 aliphatic carbocycles. The fraction of sp³-hybridized carbons (Fsp3) is 0.438. The van der Waals surface area contributed by atoms with E-state index in [1.54, 1.807) is 6.07 Å². The van der Waals surface area contributed by atoms with Crippen molar-refractivity contribution in [1.82, 2.24) is 0 Å². The number of aldehydes is 1. The van der Waals surface area contributed by atoms with Crippen molar-refractivity contribution in [1.29, 1.82) is 0 Å². The molecule has 1 aromatic rings. The first-order valence-electron chi connectivity index (χ1n) is 7.15. The average molecular weight is 323 g/mol. The fourth-order valence-electron chi connectivity index (χ4n) is 2.55. The molecule has 6 nitrogen and oxygen atoms in total. The number of carbonyl (C=O) groups excluding carboxylic acids is 3. The lowest BCUT2D eigenvalue weighted by molar-refractivity contribution is -0.119. The van der Waals surface area contributed by atoms with E-state index in [0.29, 0.717) is 25.1 Å². The topological polar surface area (TPSA) is 72.9 Å². The van der Waals surface area contributed by atoms with Crippen LogP contribution in [0.1, 0.15) is 33.6 Å². The van der Waals surface area contributed by atoms with Crippen LogP contribution in [0.2, 0.25) is 0 Å². The maximum atomic E-state index is 13.9. The van der Waals surface area contributed by atoms with E-state index in [-0.39, 0.29) is 24.0 Å². The van der Waals surface area contributed by atoms with Gasteiger partial charge in [0.2, 0.25) is 0 Å². The zero-order chi connectivity index (χ0) is 17.0. The first-order valence-corrected chi connectivity index (χ1v) is 7.15. The van der Waals surface area contributed by atoms with Crippen molar-refractivity contribution < 1.29 is 28.2 Å². The highest BCUT2D eigenvalue weighted by Gasteiger charge is 2.34. The van der Waals surface area contributed by atoms with Gasteiger partial charge in [0, 0.05) is 31.6 Å². The van der Waals surface area contributed by atoms with Gasteiger partial charge in [0.1, 0.15) is 0 Å². The molecule has 1 aromatic carbocycles. The summed E-state index contributed by atoms with van der Waals surface area (Å²) in [5.74, 6) is -1.30. The highest BCUT2D eigenvalue weighted by atomic mass is 19.1. The van der Waals surface area contributed by atoms with Gasteiger partial charge < -0.3 is 14.4 Å². The summed E-state index contributed by atoms with van der Waals surface area (Å²) in [6.07, 6.45) is 0.524. The van der Waals surface area contributed by atoms with Crippen molar-refractivity contribution in [2.45, 2.75) is 18.5 Å². The number of benzene rings is 1. The summed E-state index contributed by atoms with van der Waals surface area (Å²) < 4.78 is 23.3. The Morgan fingerprint density at radius 1 is 1.13 bits per heavy atom. The molecule has 1 aliphatic rings. The molecule has 124 valence electrons. The Morgan fingerprint density at radius 2 is 1.70 bits per heavy atom. The normalized spacial score (nSPS) is 16.6. The summed E-state index contributed by atoms with van der Waals surface area (Å²) in [5.41, 5.74) is -0.934. The Balaban J connectivity index is 2.29. The lowest BCUT2D eigenvalue weighted by Gasteiger charge is -2.35. The van der Waals surface area contributed by atoms with Crippen LogP contribution in [0.3, 0.4) is 0 Å². The number of hydrogen-bond donors (Lipinski definition) is 0. The second-order valence-corrected chi connectivity index (χ2v) is 5.35. The first kappa shape index (κ1) is 16.9. The third-order valence-corrected chi connectivity index (χ3v) is 3.98. The summed E-state index contributed by atoms with van der Waals surface area (Å²) in [4.78, 5) is 36.2. The van der Waals surface area contributed by atoms with E-state index < -0.39 is 17.6 Å². The predicted octanol–water partition coefficient (Wildman–Crippen LogP) is 1.77. The molecule has 7 heteroatoms. The number of anilines is 1. The molecule has 0 unspecified atom stereocenters. The molecule has 0 spiro atoms. The van der Waals surface area contributed by atoms with Gasteiger partial charge in [-0.1, -0.05) is 0 Å². The van der Waals surface area contributed by atoms with Crippen LogP contribution in [0.25, 0.3) is 0 Å². The molecule has 0 bridgehead atoms. The number of nitrogens with zero attached hydrogens (tertiary/aromatic N) is 1. The van der Waals surface area contributed by atoms with Crippen LogP contribution in [0.4, 0.5) is 10.1 Å². The summed E-state index contributed by atoms with van der Waals surface area (Å²) >= 11 is 0. The smallest absolute Gasteiger partial charge is 0.338 e. The number of esters is 2. The number of hydrogen-bond acceptors (Lipinski definition) is 6. The number of ether oxygens (including phenoxy) is 2. The van der Waals surface area contributed by atoms with Crippen LogP contribution in [-0.4, -0.2) is 51.2 Å². The molecule has 0 aromatic heterocycles. The Morgan fingerprint density at radius 3 is 2.22 bits per heavy atom. The van der Waals surface area contributed by atoms with Crippen LogP contribution >= 0.6 is 0 Å². The van der Waals surface area contributed by atoms with Crippen molar-refractivity contribution in [3.05, 3.63) is 29.3 Å². The molecule has 0 atom stereocenters. The van der Waals surface area contributed by atoms with E-state index in [4.69, 9.17) is 4.74 Å². The van der Waals surface area contributed by atoms with E-state index in [1.807, 2.05) is 4.90 Å². The van der Waals surface area contributed by atoms with Crippen LogP contribution in [0, 0.1) is 0 Å². The van der Waals surface area contributed by atoms with Crippen LogP contribution in [-0.2, 0) is 14.3 Å². The maximum absolute atomic E-state index is 13.9. The molecule has 1 fully saturated rings. The van der Waals surface area contributed by atoms with Gasteiger partial charge in [-0.05, 0) is 18.2 Å². The molecule has 1 saturated heterocycles. The molecule has 23 heavy (non-hydrogen) atoms. The van der Waals surface area contributed by atoms with Crippen LogP contribution in [0.5, 0.6) is 0 Å². The third kappa shape index (κ3) is 3.49. The fourth-order valence-corrected chi connectivity index (χ4v) is 2.55. The monoisotopic (exact) mass is 323 g/mol. The minimum absolute atomic E-state index is 0.0861. The Hall–Kier alpha value is -2.44. The van der Waals surface area contributed by atoms with Crippen molar-refractivity contribution in [3.8, 4) is 0 Å². The van der Waals surface area contributed by atoms with Gasteiger partial charge >= 0.3 is 11.9 Å². The van der Waals surface area contributed by atoms with Gasteiger partial charge in [-0.25, -0.2) is 14.0 Å². The van der Waals surface area contributed by atoms with Gasteiger partial charge in [-0.15, -0.1) is 0 Å². The molecule has 0 amide bonds. The SMILES string of the molecule is COC(=O)c1ccc(N2CCC(F)(C=O)CC2)cc1C(=O)OC. The van der Waals surface area contributed by atoms with Crippen molar-refractivity contribution in [2.24, 2.45) is 0 Å². The van der Waals surface area contributed by atoms with Crippen LogP contribution in [0.15, 0.2) is 18.2 Å². The Labute approximate surface area is 133 Å². The largest absolute Gasteiger partial charge is 0.465 e. The Kier molecular flexibility index (Phi) is 4.98. The average Bonchev–Trinajstić information content (AvgIpc) is 2.60. The first-order chi connectivity index (χ1) is 10.9. The zero-order valence-corrected chi connectivity index (χ0v) is 13.0. The number of halogens is 1. The lowest BCUT2D eigenvalue weighted by Crippen LogP contribution is -2.42. The van der Waals surface area contributed by atoms with E-state index in [9.17, 15) is 18.8 Å². The number of piperidine rings is 1. The van der Waals surface area contributed by atoms with Gasteiger partial charge in [0.25, 0.3) is 0 Å². The standard InChI is InChI=1S/C16H18FNO5/c1-22-14(20)12-4-3-11(9-13(12)15(21)23-2)18-7-5-16(17,10-19)6-8-18/h3-4,9-10H,5-8H2,1-2H3. The van der Waals surface area contributed by atoms with E-state index in [1.165, 1.54) is 26.4 Å². The number of rotatable bonds is 4. The van der Waals surface area contributed by atoms with Gasteiger partial charge in [-0.2, -0.15) is 0 Å². The molecule has 1 aliphatic heterocycles. The number of methoxy groups -OCH3 is 2. The second kappa shape index (κ2) is 6.76. The molecule has 2 rings (SSSR count). The quantitative estimate of drug-likeness (QED) is 0.621. The molecule has 0 radical (unpaired) electrons. The molecule has 0 N–H and O–H groups in total. The summed E-state index contributed by atoms with van der Waals surface area (Å²) in [6, 6.07) is 4.65. The minimum Gasteiger partial charge on any atom is -0.465 e. The predicted molar refractivity (Wildman–Crippen MR) is 80.5 cm³/mol. The minimum atomic E-state index is -1.78. The Bertz CT molecular complexity index is 623. The molecule has 1 heterocycles. The van der Waals surface area contributed by atoms with Crippen LogP contribution < -0.4 is 4.90 Å². The van der Waals surface area contributed by atoms with Crippen molar-refractivity contribution in [2.75, 3.05) is 32.2 Å². The summed E-state index contributed by atoms with van der Waals surface area (Å²) in [6.45, 7) is 0.681. The van der Waals surface area contributed by atoms with Crippen molar-refractivity contribution in [3.63, 3.8) is 0 Å². The van der Waals surface area contributed by atoms with E-state index in [2.05, 4.69) is 4.74 Å². The highest BCUT2D eigenvalue weighted by molar-refractivity contribution is 6.03. The molecular formula is C16H18FNO5. The second-order valence-electron chi connectivity index (χ2n) is 5.35. The van der Waals surface area contributed by atoms with E-state index >= 15 is 0 Å². The van der Waals surface area contributed by atoms with Gasteiger partial charge in [0.05, 0.1) is 25.3 Å². The number of alkyl halides is 1. The molecular weight excluding hydrogens is 305 g/mol. The van der Waals surface area contributed by atoms with E-state index in [0.717, 1.165) is 0 Å². The lowest BCUT2D eigenvalue weighted by atomic mass is 9.94. The van der Waals surface area contributed by atoms with Gasteiger partial charge in [0.15, 0.2) is 12.0 Å². The van der Waals surface area contributed by atoms with Crippen molar-refractivity contribution >= 4 is 23.9 Å². The number of carbonyl (C=O) groups is 3. The summed E-state index contributed by atoms with van der Waals surface area (Å²) in [7, 11) is 2.45. The summed E-state index contributed by atoms with van der Waals surface area (Å²) in [5, 5.41) is 0. The third-order valence-electron chi connectivity index (χ3n) is 3.98. The highest BCUT2D eigenvalue weighted by Crippen LogP contribution is 2.29. The molecule has 0 saturated carbocycles. The maximum Gasteiger partial charge on any atom is 0.338 e.